The fourth-order valence-electron chi connectivity index (χ4n) is 0.247. The van der Waals surface area contributed by atoms with Gasteiger partial charge in [0, 0.05) is 34.2 Å². The van der Waals surface area contributed by atoms with E-state index in [1.54, 1.807) is 0 Å². The van der Waals surface area contributed by atoms with Crippen molar-refractivity contribution < 1.29 is 40.9 Å². The van der Waals surface area contributed by atoms with Gasteiger partial charge in [-0.1, -0.05) is 0 Å². The van der Waals surface area contributed by atoms with Crippen molar-refractivity contribution in [3.05, 3.63) is 0 Å². The van der Waals surface area contributed by atoms with Gasteiger partial charge in [0.2, 0.25) is 0 Å². The Morgan fingerprint density at radius 3 is 1.15 bits per heavy atom. The molecule has 0 saturated carbocycles. The average Bonchev–Trinajstić information content (AvgIpc) is 1.87. The molecule has 13 heavy (non-hydrogen) atoms. The standard InChI is InChI=1S/2C3H7NO2.Pt/c2*4-2-1-3(5)6;/h2*1-2,4H2,(H,5,6);. The van der Waals surface area contributed by atoms with Gasteiger partial charge in [-0.2, -0.15) is 0 Å². The van der Waals surface area contributed by atoms with Gasteiger partial charge in [-0.25, -0.2) is 0 Å². The number of hydrogen-bond acceptors (Lipinski definition) is 4. The molecular formula is C6H14N2O4Pt. The maximum atomic E-state index is 9.52. The number of nitrogens with two attached hydrogens (primary N) is 2. The summed E-state index contributed by atoms with van der Waals surface area (Å²) in [4.78, 5) is 19.0. The first-order valence-electron chi connectivity index (χ1n) is 3.38. The van der Waals surface area contributed by atoms with Gasteiger partial charge in [0.15, 0.2) is 0 Å². The van der Waals surface area contributed by atoms with Crippen LogP contribution in [0.1, 0.15) is 12.8 Å². The first-order chi connectivity index (χ1) is 5.54. The number of carbonyl (C=O) groups is 2. The van der Waals surface area contributed by atoms with E-state index in [1.807, 2.05) is 0 Å². The SMILES string of the molecule is NCCC(=O)O.NCCC(=O)O.[Pt]. The maximum Gasteiger partial charge on any atom is 0.304 e. The molecule has 0 unspecified atom stereocenters. The Morgan fingerprint density at radius 2 is 1.15 bits per heavy atom. The second-order valence-electron chi connectivity index (χ2n) is 1.86. The Bertz CT molecular complexity index is 127. The molecule has 0 aromatic heterocycles. The monoisotopic (exact) mass is 373 g/mol. The van der Waals surface area contributed by atoms with Crippen LogP contribution >= 0.6 is 0 Å². The fraction of sp³-hybridized carbons (Fsp3) is 0.667. The molecule has 0 aromatic rings. The Balaban J connectivity index is -0.000000143. The fourth-order valence-corrected chi connectivity index (χ4v) is 0.247. The molecule has 0 aromatic carbocycles. The minimum Gasteiger partial charge on any atom is -0.481 e. The van der Waals surface area contributed by atoms with E-state index in [1.165, 1.54) is 0 Å². The van der Waals surface area contributed by atoms with Crippen LogP contribution in [0.15, 0.2) is 0 Å². The molecule has 0 fully saturated rings. The van der Waals surface area contributed by atoms with Gasteiger partial charge < -0.3 is 21.7 Å². The third kappa shape index (κ3) is 34.2. The normalized spacial score (nSPS) is 7.54. The largest absolute Gasteiger partial charge is 0.481 e. The molecule has 6 nitrogen and oxygen atoms in total. The summed E-state index contributed by atoms with van der Waals surface area (Å²) in [6.45, 7) is 0.463. The van der Waals surface area contributed by atoms with Crippen LogP contribution in [0, 0.1) is 0 Å². The Kier molecular flexibility index (Phi) is 19.9. The summed E-state index contributed by atoms with van der Waals surface area (Å²) in [6, 6.07) is 0. The summed E-state index contributed by atoms with van der Waals surface area (Å²) < 4.78 is 0. The van der Waals surface area contributed by atoms with Gasteiger partial charge in [-0.3, -0.25) is 9.59 Å². The smallest absolute Gasteiger partial charge is 0.304 e. The van der Waals surface area contributed by atoms with E-state index < -0.39 is 11.9 Å². The molecule has 0 amide bonds. The van der Waals surface area contributed by atoms with Crippen molar-refractivity contribution in [3.63, 3.8) is 0 Å². The Morgan fingerprint density at radius 1 is 0.923 bits per heavy atom. The predicted molar refractivity (Wildman–Crippen MR) is 42.6 cm³/mol. The van der Waals surface area contributed by atoms with E-state index in [-0.39, 0.29) is 47.0 Å². The van der Waals surface area contributed by atoms with Crippen LogP contribution < -0.4 is 11.5 Å². The molecule has 0 heterocycles. The summed E-state index contributed by atoms with van der Waals surface area (Å²) in [5.41, 5.74) is 9.70. The average molecular weight is 373 g/mol. The maximum absolute atomic E-state index is 9.52. The minimum atomic E-state index is -0.836. The molecule has 0 spiro atoms. The zero-order valence-corrected chi connectivity index (χ0v) is 9.28. The Hall–Kier alpha value is -0.452. The van der Waals surface area contributed by atoms with Gasteiger partial charge in [-0.05, 0) is 0 Å². The molecule has 82 valence electrons. The van der Waals surface area contributed by atoms with Crippen molar-refractivity contribution in [2.75, 3.05) is 13.1 Å². The first kappa shape index (κ1) is 18.4. The molecule has 0 radical (unpaired) electrons. The first-order valence-corrected chi connectivity index (χ1v) is 3.38. The molecule has 0 aliphatic heterocycles. The van der Waals surface area contributed by atoms with Gasteiger partial charge in [-0.15, -0.1) is 0 Å². The number of carboxylic acids is 2. The summed E-state index contributed by atoms with van der Waals surface area (Å²) in [5, 5.41) is 15.7. The van der Waals surface area contributed by atoms with Crippen molar-refractivity contribution in [2.45, 2.75) is 12.8 Å². The third-order valence-electron chi connectivity index (χ3n) is 0.716. The molecular weight excluding hydrogens is 359 g/mol. The number of rotatable bonds is 4. The summed E-state index contributed by atoms with van der Waals surface area (Å²) in [6.07, 6.45) is 0.139. The van der Waals surface area contributed by atoms with Crippen LogP contribution in [0.25, 0.3) is 0 Å². The zero-order valence-electron chi connectivity index (χ0n) is 7.01. The van der Waals surface area contributed by atoms with Crippen LogP contribution in [0.5, 0.6) is 0 Å². The molecule has 0 aliphatic carbocycles. The van der Waals surface area contributed by atoms with Crippen LogP contribution in [0.2, 0.25) is 0 Å². The van der Waals surface area contributed by atoms with Gasteiger partial charge >= 0.3 is 11.9 Å². The van der Waals surface area contributed by atoms with Gasteiger partial charge in [0.1, 0.15) is 0 Å². The summed E-state index contributed by atoms with van der Waals surface area (Å²) >= 11 is 0. The second kappa shape index (κ2) is 14.1. The van der Waals surface area contributed by atoms with Crippen LogP contribution in [0.4, 0.5) is 0 Å². The Labute approximate surface area is 90.5 Å². The van der Waals surface area contributed by atoms with E-state index in [0.29, 0.717) is 0 Å². The van der Waals surface area contributed by atoms with E-state index in [4.69, 9.17) is 21.7 Å². The number of hydrogen-bond donors (Lipinski definition) is 4. The van der Waals surface area contributed by atoms with Crippen LogP contribution in [0.3, 0.4) is 0 Å². The molecule has 7 heteroatoms. The van der Waals surface area contributed by atoms with Crippen molar-refractivity contribution in [2.24, 2.45) is 11.5 Å². The van der Waals surface area contributed by atoms with Gasteiger partial charge in [0.25, 0.3) is 0 Å². The second-order valence-corrected chi connectivity index (χ2v) is 1.86. The van der Waals surface area contributed by atoms with E-state index in [0.717, 1.165) is 0 Å². The van der Waals surface area contributed by atoms with Crippen molar-refractivity contribution in [3.8, 4) is 0 Å². The number of carboxylic acid groups (broad SMARTS) is 2. The quantitative estimate of drug-likeness (QED) is 0.492. The van der Waals surface area contributed by atoms with Crippen molar-refractivity contribution in [1.29, 1.82) is 0 Å². The molecule has 6 N–H and O–H groups in total. The summed E-state index contributed by atoms with van der Waals surface area (Å²) in [7, 11) is 0. The predicted octanol–water partition coefficient (Wildman–Crippen LogP) is -1.16. The van der Waals surface area contributed by atoms with Crippen LogP contribution in [-0.4, -0.2) is 35.2 Å². The molecule has 0 bridgehead atoms. The van der Waals surface area contributed by atoms with E-state index in [2.05, 4.69) is 0 Å². The zero-order chi connectivity index (χ0) is 9.98. The number of aliphatic carboxylic acids is 2. The van der Waals surface area contributed by atoms with E-state index in [9.17, 15) is 9.59 Å². The molecule has 0 rings (SSSR count). The molecule has 0 atom stereocenters. The summed E-state index contributed by atoms with van der Waals surface area (Å²) in [5.74, 6) is -1.67. The third-order valence-corrected chi connectivity index (χ3v) is 0.716. The van der Waals surface area contributed by atoms with Gasteiger partial charge in [0.05, 0.1) is 12.8 Å². The molecule has 0 saturated heterocycles. The van der Waals surface area contributed by atoms with Crippen molar-refractivity contribution in [1.82, 2.24) is 0 Å². The topological polar surface area (TPSA) is 127 Å². The minimum absolute atomic E-state index is 0. The van der Waals surface area contributed by atoms with E-state index >= 15 is 0 Å². The van der Waals surface area contributed by atoms with Crippen LogP contribution in [-0.2, 0) is 30.7 Å². The van der Waals surface area contributed by atoms with Crippen molar-refractivity contribution >= 4 is 11.9 Å². The molecule has 0 aliphatic rings.